The Labute approximate surface area is 231 Å². The third kappa shape index (κ3) is 6.17. The van der Waals surface area contributed by atoms with E-state index >= 15 is 0 Å². The highest BCUT2D eigenvalue weighted by Crippen LogP contribution is 2.45. The molecule has 5 aromatic carbocycles. The van der Waals surface area contributed by atoms with Gasteiger partial charge in [-0.15, -0.1) is 0 Å². The SMILES string of the molecule is O=P(CCN(CCP(=O)(c1ccccc1)c1ccccc1)c1ccccc1)(c1ccccc1)c1ccccc1. The largest absolute Gasteiger partial charge is 0.371 e. The Morgan fingerprint density at radius 1 is 0.385 bits per heavy atom. The maximum Gasteiger partial charge on any atom is 0.144 e. The maximum atomic E-state index is 14.7. The van der Waals surface area contributed by atoms with Gasteiger partial charge in [-0.25, -0.2) is 0 Å². The number of para-hydroxylation sites is 1. The molecule has 196 valence electrons. The molecule has 39 heavy (non-hydrogen) atoms. The lowest BCUT2D eigenvalue weighted by Crippen LogP contribution is -2.34. The first-order valence-corrected chi connectivity index (χ1v) is 17.1. The molecule has 0 atom stereocenters. The minimum atomic E-state index is -2.89. The molecule has 0 aromatic heterocycles. The molecular weight excluding hydrogens is 516 g/mol. The monoisotopic (exact) mass is 549 g/mol. The van der Waals surface area contributed by atoms with Crippen molar-refractivity contribution >= 4 is 41.2 Å². The molecule has 5 heteroatoms. The van der Waals surface area contributed by atoms with E-state index in [2.05, 4.69) is 17.0 Å². The van der Waals surface area contributed by atoms with Crippen LogP contribution in [0.15, 0.2) is 152 Å². The van der Waals surface area contributed by atoms with Gasteiger partial charge in [0.1, 0.15) is 14.3 Å². The van der Waals surface area contributed by atoms with Crippen LogP contribution in [-0.2, 0) is 9.13 Å². The molecule has 0 saturated heterocycles. The van der Waals surface area contributed by atoms with Gasteiger partial charge in [-0.2, -0.15) is 0 Å². The maximum absolute atomic E-state index is 14.7. The molecule has 0 aliphatic heterocycles. The third-order valence-corrected chi connectivity index (χ3v) is 13.4. The molecule has 0 spiro atoms. The summed E-state index contributed by atoms with van der Waals surface area (Å²) in [5.41, 5.74) is 1.04. The smallest absolute Gasteiger partial charge is 0.144 e. The zero-order chi connectivity index (χ0) is 27.0. The van der Waals surface area contributed by atoms with Gasteiger partial charge >= 0.3 is 0 Å². The molecular formula is C34H33NO2P2. The van der Waals surface area contributed by atoms with E-state index in [1.165, 1.54) is 0 Å². The van der Waals surface area contributed by atoms with Gasteiger partial charge in [-0.05, 0) is 12.1 Å². The van der Waals surface area contributed by atoms with Crippen LogP contribution in [-0.4, -0.2) is 25.4 Å². The predicted molar refractivity (Wildman–Crippen MR) is 168 cm³/mol. The van der Waals surface area contributed by atoms with Crippen LogP contribution in [0.1, 0.15) is 0 Å². The van der Waals surface area contributed by atoms with Gasteiger partial charge in [0.15, 0.2) is 0 Å². The fourth-order valence-electron chi connectivity index (χ4n) is 5.02. The van der Waals surface area contributed by atoms with E-state index in [1.54, 1.807) is 0 Å². The summed E-state index contributed by atoms with van der Waals surface area (Å²) in [4.78, 5) is 2.25. The van der Waals surface area contributed by atoms with Gasteiger partial charge in [0.25, 0.3) is 0 Å². The zero-order valence-electron chi connectivity index (χ0n) is 21.9. The summed E-state index contributed by atoms with van der Waals surface area (Å²) in [6.07, 6.45) is 0.966. The first-order valence-electron chi connectivity index (χ1n) is 13.3. The van der Waals surface area contributed by atoms with Gasteiger partial charge in [0.05, 0.1) is 0 Å². The van der Waals surface area contributed by atoms with E-state index in [-0.39, 0.29) is 0 Å². The topological polar surface area (TPSA) is 37.4 Å². The summed E-state index contributed by atoms with van der Waals surface area (Å²) >= 11 is 0. The van der Waals surface area contributed by atoms with Gasteiger partial charge in [0, 0.05) is 52.3 Å². The third-order valence-electron chi connectivity index (χ3n) is 7.18. The van der Waals surface area contributed by atoms with Gasteiger partial charge < -0.3 is 14.0 Å². The number of anilines is 1. The van der Waals surface area contributed by atoms with Crippen molar-refractivity contribution in [3.8, 4) is 0 Å². The van der Waals surface area contributed by atoms with Crippen molar-refractivity contribution in [2.24, 2.45) is 0 Å². The average Bonchev–Trinajstić information content (AvgIpc) is 3.03. The fourth-order valence-corrected chi connectivity index (χ4v) is 10.3. The standard InChI is InChI=1S/C34H33NO2P2/c36-38(31-18-8-2-9-19-31,32-20-10-3-11-21-32)28-26-35(30-16-6-1-7-17-30)27-29-39(37,33-22-12-4-13-23-33)34-24-14-5-15-25-34/h1-25H,26-29H2. The molecule has 0 radical (unpaired) electrons. The summed E-state index contributed by atoms with van der Waals surface area (Å²) < 4.78 is 29.4. The number of rotatable bonds is 11. The molecule has 0 unspecified atom stereocenters. The van der Waals surface area contributed by atoms with Crippen molar-refractivity contribution in [3.63, 3.8) is 0 Å². The first-order chi connectivity index (χ1) is 19.1. The second-order valence-electron chi connectivity index (χ2n) is 9.59. The van der Waals surface area contributed by atoms with Crippen LogP contribution in [0.25, 0.3) is 0 Å². The molecule has 0 fully saturated rings. The molecule has 0 amide bonds. The van der Waals surface area contributed by atoms with E-state index in [4.69, 9.17) is 0 Å². The zero-order valence-corrected chi connectivity index (χ0v) is 23.7. The highest BCUT2D eigenvalue weighted by atomic mass is 31.2. The summed E-state index contributed by atoms with van der Waals surface area (Å²) in [5, 5.41) is 3.46. The van der Waals surface area contributed by atoms with E-state index in [1.807, 2.05) is 140 Å². The molecule has 0 aliphatic carbocycles. The average molecular weight is 550 g/mol. The first kappa shape index (κ1) is 26.9. The van der Waals surface area contributed by atoms with Crippen LogP contribution in [0.2, 0.25) is 0 Å². The Balaban J connectivity index is 1.47. The normalized spacial score (nSPS) is 11.7. The van der Waals surface area contributed by atoms with Gasteiger partial charge in [-0.3, -0.25) is 0 Å². The van der Waals surface area contributed by atoms with Crippen LogP contribution in [0.4, 0.5) is 5.69 Å². The minimum absolute atomic E-state index is 0.483. The van der Waals surface area contributed by atoms with Gasteiger partial charge in [-0.1, -0.05) is 140 Å². The lowest BCUT2D eigenvalue weighted by Gasteiger charge is -2.30. The number of hydrogen-bond donors (Lipinski definition) is 0. The molecule has 3 nitrogen and oxygen atoms in total. The predicted octanol–water partition coefficient (Wildman–Crippen LogP) is 6.52. The van der Waals surface area contributed by atoms with Crippen LogP contribution < -0.4 is 26.1 Å². The van der Waals surface area contributed by atoms with Gasteiger partial charge in [0.2, 0.25) is 0 Å². The molecule has 0 N–H and O–H groups in total. The fraction of sp³-hybridized carbons (Fsp3) is 0.118. The van der Waals surface area contributed by atoms with E-state index in [0.29, 0.717) is 25.4 Å². The van der Waals surface area contributed by atoms with Crippen LogP contribution >= 0.6 is 14.3 Å². The minimum Gasteiger partial charge on any atom is -0.371 e. The lowest BCUT2D eigenvalue weighted by atomic mass is 10.3. The van der Waals surface area contributed by atoms with Crippen molar-refractivity contribution in [1.29, 1.82) is 0 Å². The highest BCUT2D eigenvalue weighted by molar-refractivity contribution is 7.79. The summed E-state index contributed by atoms with van der Waals surface area (Å²) in [6.45, 7) is 1.16. The van der Waals surface area contributed by atoms with E-state index < -0.39 is 14.3 Å². The number of hydrogen-bond acceptors (Lipinski definition) is 3. The molecule has 0 saturated carbocycles. The second-order valence-corrected chi connectivity index (χ2v) is 15.5. The Hall–Kier alpha value is -3.64. The Kier molecular flexibility index (Phi) is 8.62. The van der Waals surface area contributed by atoms with Crippen molar-refractivity contribution in [3.05, 3.63) is 152 Å². The van der Waals surface area contributed by atoms with E-state index in [0.717, 1.165) is 26.9 Å². The molecule has 0 heterocycles. The van der Waals surface area contributed by atoms with Crippen molar-refractivity contribution in [1.82, 2.24) is 0 Å². The number of nitrogens with zero attached hydrogens (tertiary/aromatic N) is 1. The van der Waals surface area contributed by atoms with E-state index in [9.17, 15) is 9.13 Å². The van der Waals surface area contributed by atoms with Crippen LogP contribution in [0.3, 0.4) is 0 Å². The number of benzene rings is 5. The summed E-state index contributed by atoms with van der Waals surface area (Å²) in [6, 6.07) is 49.4. The van der Waals surface area contributed by atoms with Crippen LogP contribution in [0.5, 0.6) is 0 Å². The Morgan fingerprint density at radius 2 is 0.641 bits per heavy atom. The van der Waals surface area contributed by atoms with Crippen molar-refractivity contribution < 1.29 is 9.13 Å². The van der Waals surface area contributed by atoms with Crippen LogP contribution in [0, 0.1) is 0 Å². The second kappa shape index (κ2) is 12.5. The summed E-state index contributed by atoms with van der Waals surface area (Å²) in [7, 11) is -5.78. The Bertz CT molecular complexity index is 1360. The Morgan fingerprint density at radius 3 is 0.923 bits per heavy atom. The molecule has 5 aromatic rings. The van der Waals surface area contributed by atoms with Crippen molar-refractivity contribution in [2.45, 2.75) is 0 Å². The highest BCUT2D eigenvalue weighted by Gasteiger charge is 2.30. The molecule has 0 aliphatic rings. The molecule has 0 bridgehead atoms. The van der Waals surface area contributed by atoms with Crippen molar-refractivity contribution in [2.75, 3.05) is 30.3 Å². The molecule has 5 rings (SSSR count). The quantitative estimate of drug-likeness (QED) is 0.176. The summed E-state index contributed by atoms with van der Waals surface area (Å²) in [5.74, 6) is 0. The lowest BCUT2D eigenvalue weighted by molar-refractivity contribution is 0.585.